The van der Waals surface area contributed by atoms with E-state index in [9.17, 15) is 4.79 Å². The summed E-state index contributed by atoms with van der Waals surface area (Å²) in [6.07, 6.45) is 3.28. The Labute approximate surface area is 78.0 Å². The summed E-state index contributed by atoms with van der Waals surface area (Å²) in [6, 6.07) is 0. The first-order valence-corrected chi connectivity index (χ1v) is 4.13. The monoisotopic (exact) mass is 182 g/mol. The van der Waals surface area contributed by atoms with E-state index in [1.165, 1.54) is 13.2 Å². The zero-order valence-electron chi connectivity index (χ0n) is 8.00. The molecule has 0 N–H and O–H groups in total. The molecule has 1 fully saturated rings. The Morgan fingerprint density at radius 1 is 1.77 bits per heavy atom. The molecular weight excluding hydrogens is 168 g/mol. The van der Waals surface area contributed by atoms with Gasteiger partial charge in [0, 0.05) is 11.5 Å². The van der Waals surface area contributed by atoms with Crippen LogP contribution in [0.3, 0.4) is 0 Å². The molecule has 0 aromatic heterocycles. The van der Waals surface area contributed by atoms with Crippen molar-refractivity contribution in [2.75, 3.05) is 20.3 Å². The Kier molecular flexibility index (Phi) is 2.88. The highest BCUT2D eigenvalue weighted by molar-refractivity contribution is 5.83. The van der Waals surface area contributed by atoms with Gasteiger partial charge in [0.2, 0.25) is 0 Å². The van der Waals surface area contributed by atoms with Gasteiger partial charge >= 0.3 is 5.97 Å². The number of rotatable bonds is 2. The average Bonchev–Trinajstić information content (AvgIpc) is 2.49. The van der Waals surface area contributed by atoms with Crippen LogP contribution in [0.5, 0.6) is 0 Å². The third-order valence-electron chi connectivity index (χ3n) is 2.34. The van der Waals surface area contributed by atoms with Gasteiger partial charge in [0.25, 0.3) is 0 Å². The summed E-state index contributed by atoms with van der Waals surface area (Å²) in [7, 11) is 1.36. The molecule has 0 aromatic rings. The number of hydrogen-bond donors (Lipinski definition) is 0. The number of esters is 1. The van der Waals surface area contributed by atoms with Crippen molar-refractivity contribution < 1.29 is 14.3 Å². The van der Waals surface area contributed by atoms with Crippen molar-refractivity contribution >= 4 is 5.97 Å². The van der Waals surface area contributed by atoms with Crippen molar-refractivity contribution in [3.05, 3.63) is 24.3 Å². The van der Waals surface area contributed by atoms with E-state index < -0.39 is 0 Å². The lowest BCUT2D eigenvalue weighted by atomic mass is 9.85. The van der Waals surface area contributed by atoms with Crippen LogP contribution in [0.1, 0.15) is 6.92 Å². The zero-order chi connectivity index (χ0) is 9.90. The van der Waals surface area contributed by atoms with Crippen LogP contribution in [0.25, 0.3) is 0 Å². The lowest BCUT2D eigenvalue weighted by Gasteiger charge is -2.17. The minimum Gasteiger partial charge on any atom is -0.466 e. The Balaban J connectivity index is 2.85. The van der Waals surface area contributed by atoms with Crippen molar-refractivity contribution in [3.63, 3.8) is 0 Å². The van der Waals surface area contributed by atoms with E-state index in [4.69, 9.17) is 4.74 Å². The predicted octanol–water partition coefficient (Wildman–Crippen LogP) is 1.31. The molecular formula is C10H14O3. The molecule has 1 unspecified atom stereocenters. The molecule has 0 saturated carbocycles. The molecule has 3 heteroatoms. The van der Waals surface area contributed by atoms with Crippen molar-refractivity contribution in [2.24, 2.45) is 5.41 Å². The fraction of sp³-hybridized carbons (Fsp3) is 0.500. The van der Waals surface area contributed by atoms with Gasteiger partial charge in [-0.2, -0.15) is 0 Å². The van der Waals surface area contributed by atoms with Gasteiger partial charge in [0.15, 0.2) is 0 Å². The molecule has 0 aliphatic carbocycles. The summed E-state index contributed by atoms with van der Waals surface area (Å²) in [5.74, 6) is -0.339. The highest BCUT2D eigenvalue weighted by atomic mass is 16.5. The highest BCUT2D eigenvalue weighted by Crippen LogP contribution is 2.34. The van der Waals surface area contributed by atoms with Gasteiger partial charge < -0.3 is 9.47 Å². The highest BCUT2D eigenvalue weighted by Gasteiger charge is 2.32. The van der Waals surface area contributed by atoms with E-state index in [1.54, 1.807) is 6.08 Å². The molecule has 0 amide bonds. The summed E-state index contributed by atoms with van der Waals surface area (Å²) in [5, 5.41) is 0. The third-order valence-corrected chi connectivity index (χ3v) is 2.34. The number of carbonyl (C=O) groups is 1. The molecule has 1 aliphatic heterocycles. The predicted molar refractivity (Wildman–Crippen MR) is 49.2 cm³/mol. The molecule has 3 nitrogen and oxygen atoms in total. The fourth-order valence-corrected chi connectivity index (χ4v) is 1.23. The second kappa shape index (κ2) is 3.75. The number of methoxy groups -OCH3 is 1. The SMILES string of the molecule is C=CC1(C)COC/C1=C\C(=O)OC. The van der Waals surface area contributed by atoms with E-state index in [0.717, 1.165) is 5.57 Å². The van der Waals surface area contributed by atoms with Gasteiger partial charge in [-0.25, -0.2) is 4.79 Å². The Morgan fingerprint density at radius 3 is 3.00 bits per heavy atom. The summed E-state index contributed by atoms with van der Waals surface area (Å²) in [4.78, 5) is 11.0. The summed E-state index contributed by atoms with van der Waals surface area (Å²) in [6.45, 7) is 6.78. The second-order valence-electron chi connectivity index (χ2n) is 3.31. The minimum atomic E-state index is -0.339. The number of ether oxygens (including phenoxy) is 2. The average molecular weight is 182 g/mol. The molecule has 0 radical (unpaired) electrons. The van der Waals surface area contributed by atoms with Crippen LogP contribution in [0.2, 0.25) is 0 Å². The summed E-state index contributed by atoms with van der Waals surface area (Å²) < 4.78 is 9.81. The molecule has 1 saturated heterocycles. The lowest BCUT2D eigenvalue weighted by molar-refractivity contribution is -0.134. The van der Waals surface area contributed by atoms with Gasteiger partial charge in [-0.3, -0.25) is 0 Å². The van der Waals surface area contributed by atoms with Gasteiger partial charge in [0.05, 0.1) is 20.3 Å². The molecule has 1 atom stereocenters. The van der Waals surface area contributed by atoms with Crippen LogP contribution in [0.4, 0.5) is 0 Å². The molecule has 1 aliphatic rings. The molecule has 0 spiro atoms. The first-order chi connectivity index (χ1) is 6.12. The van der Waals surface area contributed by atoms with Crippen LogP contribution in [0.15, 0.2) is 24.3 Å². The molecule has 72 valence electrons. The van der Waals surface area contributed by atoms with Gasteiger partial charge in [-0.05, 0) is 5.57 Å². The molecule has 13 heavy (non-hydrogen) atoms. The van der Waals surface area contributed by atoms with Crippen LogP contribution in [0, 0.1) is 5.41 Å². The van der Waals surface area contributed by atoms with Crippen LogP contribution in [-0.4, -0.2) is 26.3 Å². The van der Waals surface area contributed by atoms with E-state index in [0.29, 0.717) is 13.2 Å². The van der Waals surface area contributed by atoms with Crippen molar-refractivity contribution in [3.8, 4) is 0 Å². The first-order valence-electron chi connectivity index (χ1n) is 4.13. The quantitative estimate of drug-likeness (QED) is 0.367. The Hall–Kier alpha value is -1.09. The van der Waals surface area contributed by atoms with Gasteiger partial charge in [0.1, 0.15) is 0 Å². The number of hydrogen-bond acceptors (Lipinski definition) is 3. The first kappa shape index (κ1) is 9.99. The van der Waals surface area contributed by atoms with E-state index >= 15 is 0 Å². The van der Waals surface area contributed by atoms with E-state index in [2.05, 4.69) is 11.3 Å². The molecule has 0 aromatic carbocycles. The molecule has 1 heterocycles. The van der Waals surface area contributed by atoms with Crippen molar-refractivity contribution in [1.29, 1.82) is 0 Å². The normalized spacial score (nSPS) is 30.5. The summed E-state index contributed by atoms with van der Waals surface area (Å²) >= 11 is 0. The summed E-state index contributed by atoms with van der Waals surface area (Å²) in [5.41, 5.74) is 0.711. The van der Waals surface area contributed by atoms with Crippen LogP contribution in [-0.2, 0) is 14.3 Å². The molecule has 0 bridgehead atoms. The zero-order valence-corrected chi connectivity index (χ0v) is 8.00. The lowest BCUT2D eigenvalue weighted by Crippen LogP contribution is -2.15. The van der Waals surface area contributed by atoms with Crippen molar-refractivity contribution in [2.45, 2.75) is 6.92 Å². The van der Waals surface area contributed by atoms with Crippen molar-refractivity contribution in [1.82, 2.24) is 0 Å². The van der Waals surface area contributed by atoms with Gasteiger partial charge in [-0.1, -0.05) is 13.0 Å². The Bertz CT molecular complexity index is 255. The smallest absolute Gasteiger partial charge is 0.330 e. The van der Waals surface area contributed by atoms with Crippen LogP contribution >= 0.6 is 0 Å². The molecule has 1 rings (SSSR count). The van der Waals surface area contributed by atoms with Gasteiger partial charge in [-0.15, -0.1) is 6.58 Å². The second-order valence-corrected chi connectivity index (χ2v) is 3.31. The van der Waals surface area contributed by atoms with E-state index in [1.807, 2.05) is 6.92 Å². The minimum absolute atomic E-state index is 0.214. The van der Waals surface area contributed by atoms with E-state index in [-0.39, 0.29) is 11.4 Å². The number of carbonyl (C=O) groups excluding carboxylic acids is 1. The maximum absolute atomic E-state index is 11.0. The topological polar surface area (TPSA) is 35.5 Å². The largest absolute Gasteiger partial charge is 0.466 e. The third kappa shape index (κ3) is 1.98. The van der Waals surface area contributed by atoms with Crippen LogP contribution < -0.4 is 0 Å². The standard InChI is InChI=1S/C10H14O3/c1-4-10(2)7-13-6-8(10)5-9(11)12-3/h4-5H,1,6-7H2,2-3H3/b8-5+. The Morgan fingerprint density at radius 2 is 2.46 bits per heavy atom. The maximum Gasteiger partial charge on any atom is 0.330 e. The maximum atomic E-state index is 11.0. The fourth-order valence-electron chi connectivity index (χ4n) is 1.23.